The SMILES string of the molecule is COc1ccc(CC(=S)CCCC(=O)N(C)[C@H](C(C)=O)C(C)C)cc1. The van der Waals surface area contributed by atoms with E-state index in [0.29, 0.717) is 12.8 Å². The number of likely N-dealkylation sites (N-methyl/N-ethyl adjacent to an activating group) is 1. The average molecular weight is 364 g/mol. The number of rotatable bonds is 10. The number of carbonyl (C=O) groups is 2. The summed E-state index contributed by atoms with van der Waals surface area (Å²) in [4.78, 5) is 26.6. The summed E-state index contributed by atoms with van der Waals surface area (Å²) in [5.41, 5.74) is 1.14. The third kappa shape index (κ3) is 6.94. The van der Waals surface area contributed by atoms with Gasteiger partial charge in [-0.3, -0.25) is 9.59 Å². The van der Waals surface area contributed by atoms with Crippen LogP contribution in [0.15, 0.2) is 24.3 Å². The Morgan fingerprint density at radius 3 is 2.24 bits per heavy atom. The summed E-state index contributed by atoms with van der Waals surface area (Å²) in [6.07, 6.45) is 2.58. The Bertz CT molecular complexity index is 595. The van der Waals surface area contributed by atoms with Crippen molar-refractivity contribution >= 4 is 28.8 Å². The molecular weight excluding hydrogens is 334 g/mol. The van der Waals surface area contributed by atoms with Crippen molar-refractivity contribution in [2.45, 2.75) is 52.5 Å². The second kappa shape index (κ2) is 10.3. The lowest BCUT2D eigenvalue weighted by molar-refractivity contribution is -0.138. The van der Waals surface area contributed by atoms with Crippen molar-refractivity contribution in [1.82, 2.24) is 4.90 Å². The van der Waals surface area contributed by atoms with Crippen LogP contribution in [0, 0.1) is 5.92 Å². The third-order valence-corrected chi connectivity index (χ3v) is 4.61. The third-order valence-electron chi connectivity index (χ3n) is 4.27. The smallest absolute Gasteiger partial charge is 0.222 e. The van der Waals surface area contributed by atoms with Gasteiger partial charge in [0.2, 0.25) is 5.91 Å². The summed E-state index contributed by atoms with van der Waals surface area (Å²) in [6, 6.07) is 7.50. The number of hydrogen-bond donors (Lipinski definition) is 0. The number of Topliss-reactive ketones (excluding diaryl/α,β-unsaturated/α-hetero) is 1. The van der Waals surface area contributed by atoms with Crippen molar-refractivity contribution in [2.75, 3.05) is 14.2 Å². The average Bonchev–Trinajstić information content (AvgIpc) is 2.54. The van der Waals surface area contributed by atoms with E-state index in [1.165, 1.54) is 0 Å². The molecule has 1 rings (SSSR count). The van der Waals surface area contributed by atoms with Crippen LogP contribution in [0.5, 0.6) is 5.75 Å². The fourth-order valence-electron chi connectivity index (χ4n) is 3.02. The first kappa shape index (κ1) is 21.3. The zero-order valence-corrected chi connectivity index (χ0v) is 16.7. The zero-order valence-electron chi connectivity index (χ0n) is 15.9. The Labute approximate surface area is 156 Å². The molecule has 1 aromatic carbocycles. The van der Waals surface area contributed by atoms with E-state index in [-0.39, 0.29) is 23.7 Å². The number of amides is 1. The van der Waals surface area contributed by atoms with Gasteiger partial charge in [0.05, 0.1) is 13.2 Å². The van der Waals surface area contributed by atoms with Crippen molar-refractivity contribution in [1.29, 1.82) is 0 Å². The number of methoxy groups -OCH3 is 1. The van der Waals surface area contributed by atoms with Gasteiger partial charge >= 0.3 is 0 Å². The molecule has 0 N–H and O–H groups in total. The summed E-state index contributed by atoms with van der Waals surface area (Å²) in [5, 5.41) is 0. The van der Waals surface area contributed by atoms with Crippen LogP contribution in [-0.4, -0.2) is 41.7 Å². The minimum absolute atomic E-state index is 0.00106. The van der Waals surface area contributed by atoms with E-state index in [1.807, 2.05) is 38.1 Å². The largest absolute Gasteiger partial charge is 0.497 e. The molecule has 0 fully saturated rings. The first-order valence-electron chi connectivity index (χ1n) is 8.67. The monoisotopic (exact) mass is 363 g/mol. The molecule has 0 aliphatic heterocycles. The van der Waals surface area contributed by atoms with E-state index in [2.05, 4.69) is 0 Å². The summed E-state index contributed by atoms with van der Waals surface area (Å²) >= 11 is 5.44. The number of hydrogen-bond acceptors (Lipinski definition) is 4. The van der Waals surface area contributed by atoms with Crippen LogP contribution < -0.4 is 4.74 Å². The molecule has 0 radical (unpaired) electrons. The zero-order chi connectivity index (χ0) is 19.0. The quantitative estimate of drug-likeness (QED) is 0.593. The summed E-state index contributed by atoms with van der Waals surface area (Å²) < 4.78 is 5.14. The van der Waals surface area contributed by atoms with Gasteiger partial charge in [-0.1, -0.05) is 38.2 Å². The van der Waals surface area contributed by atoms with Gasteiger partial charge < -0.3 is 9.64 Å². The molecule has 0 heterocycles. The van der Waals surface area contributed by atoms with Gasteiger partial charge in [0, 0.05) is 19.9 Å². The highest BCUT2D eigenvalue weighted by atomic mass is 32.1. The van der Waals surface area contributed by atoms with E-state index in [9.17, 15) is 9.59 Å². The van der Waals surface area contributed by atoms with Crippen molar-refractivity contribution in [2.24, 2.45) is 5.92 Å². The highest BCUT2D eigenvalue weighted by Crippen LogP contribution is 2.15. The molecule has 0 bridgehead atoms. The first-order chi connectivity index (χ1) is 11.8. The van der Waals surface area contributed by atoms with E-state index in [0.717, 1.165) is 29.0 Å². The molecule has 0 aliphatic rings. The molecule has 0 aromatic heterocycles. The van der Waals surface area contributed by atoms with Gasteiger partial charge in [-0.05, 0) is 48.2 Å². The van der Waals surface area contributed by atoms with Crippen LogP contribution in [0.25, 0.3) is 0 Å². The van der Waals surface area contributed by atoms with E-state index >= 15 is 0 Å². The van der Waals surface area contributed by atoms with Crippen molar-refractivity contribution in [3.63, 3.8) is 0 Å². The fourth-order valence-corrected chi connectivity index (χ4v) is 3.33. The molecule has 0 saturated carbocycles. The Balaban J connectivity index is 2.43. The minimum atomic E-state index is -0.348. The van der Waals surface area contributed by atoms with Gasteiger partial charge in [-0.2, -0.15) is 0 Å². The lowest BCUT2D eigenvalue weighted by Gasteiger charge is -2.29. The molecule has 5 heteroatoms. The highest BCUT2D eigenvalue weighted by Gasteiger charge is 2.26. The van der Waals surface area contributed by atoms with Gasteiger partial charge in [0.1, 0.15) is 5.75 Å². The van der Waals surface area contributed by atoms with Gasteiger partial charge in [0.25, 0.3) is 0 Å². The van der Waals surface area contributed by atoms with Gasteiger partial charge in [-0.15, -0.1) is 0 Å². The van der Waals surface area contributed by atoms with E-state index < -0.39 is 0 Å². The molecular formula is C20H29NO3S. The molecule has 1 amide bonds. The maximum Gasteiger partial charge on any atom is 0.222 e. The Kier molecular flexibility index (Phi) is 8.76. The maximum absolute atomic E-state index is 12.3. The molecule has 0 spiro atoms. The Hall–Kier alpha value is -1.75. The predicted octanol–water partition coefficient (Wildman–Crippen LogP) is 3.85. The van der Waals surface area contributed by atoms with E-state index in [4.69, 9.17) is 17.0 Å². The fraction of sp³-hybridized carbons (Fsp3) is 0.550. The summed E-state index contributed by atoms with van der Waals surface area (Å²) in [7, 11) is 3.35. The Morgan fingerprint density at radius 1 is 1.16 bits per heavy atom. The van der Waals surface area contributed by atoms with Crippen molar-refractivity contribution in [3.8, 4) is 5.75 Å². The molecule has 1 aromatic rings. The predicted molar refractivity (Wildman–Crippen MR) is 105 cm³/mol. The van der Waals surface area contributed by atoms with E-state index in [1.54, 1.807) is 26.0 Å². The number of ether oxygens (including phenoxy) is 1. The molecule has 0 aliphatic carbocycles. The van der Waals surface area contributed by atoms with Crippen LogP contribution in [0.2, 0.25) is 0 Å². The molecule has 25 heavy (non-hydrogen) atoms. The Morgan fingerprint density at radius 2 is 1.76 bits per heavy atom. The van der Waals surface area contributed by atoms with Crippen LogP contribution in [0.3, 0.4) is 0 Å². The number of ketones is 1. The second-order valence-electron chi connectivity index (χ2n) is 6.72. The second-order valence-corrected chi connectivity index (χ2v) is 7.30. The molecule has 138 valence electrons. The normalized spacial score (nSPS) is 11.9. The first-order valence-corrected chi connectivity index (χ1v) is 9.07. The molecule has 0 saturated heterocycles. The van der Waals surface area contributed by atoms with Crippen LogP contribution in [0.1, 0.15) is 45.6 Å². The minimum Gasteiger partial charge on any atom is -0.497 e. The van der Waals surface area contributed by atoms with Gasteiger partial charge in [-0.25, -0.2) is 0 Å². The number of carbonyl (C=O) groups excluding carboxylic acids is 2. The summed E-state index contributed by atoms with van der Waals surface area (Å²) in [5.74, 6) is 0.970. The molecule has 4 nitrogen and oxygen atoms in total. The lowest BCUT2D eigenvalue weighted by atomic mass is 9.98. The van der Waals surface area contributed by atoms with Crippen LogP contribution in [-0.2, 0) is 16.0 Å². The standard InChI is InChI=1S/C20H29NO3S/c1-14(2)20(15(3)22)21(4)19(23)8-6-7-18(25)13-16-9-11-17(24-5)12-10-16/h9-12,14,20H,6-8,13H2,1-5H3/t20-/m0/s1. The number of benzene rings is 1. The lowest BCUT2D eigenvalue weighted by Crippen LogP contribution is -2.44. The molecule has 0 unspecified atom stereocenters. The summed E-state index contributed by atoms with van der Waals surface area (Å²) in [6.45, 7) is 5.46. The van der Waals surface area contributed by atoms with Crippen molar-refractivity contribution in [3.05, 3.63) is 29.8 Å². The van der Waals surface area contributed by atoms with Gasteiger partial charge in [0.15, 0.2) is 5.78 Å². The van der Waals surface area contributed by atoms with Crippen LogP contribution >= 0.6 is 12.2 Å². The topological polar surface area (TPSA) is 46.6 Å². The number of thiocarbonyl (C=S) groups is 1. The van der Waals surface area contributed by atoms with Crippen molar-refractivity contribution < 1.29 is 14.3 Å². The molecule has 1 atom stereocenters. The maximum atomic E-state index is 12.3. The van der Waals surface area contributed by atoms with Crippen LogP contribution in [0.4, 0.5) is 0 Å². The highest BCUT2D eigenvalue weighted by molar-refractivity contribution is 7.80. The number of nitrogens with zero attached hydrogens (tertiary/aromatic N) is 1.